The van der Waals surface area contributed by atoms with Crippen molar-refractivity contribution in [1.29, 1.82) is 0 Å². The Morgan fingerprint density at radius 2 is 2.17 bits per heavy atom. The predicted molar refractivity (Wildman–Crippen MR) is 68.7 cm³/mol. The summed E-state index contributed by atoms with van der Waals surface area (Å²) >= 11 is 3.24. The van der Waals surface area contributed by atoms with Gasteiger partial charge in [0.05, 0.1) is 5.69 Å². The zero-order valence-electron chi connectivity index (χ0n) is 9.74. The Morgan fingerprint density at radius 1 is 1.44 bits per heavy atom. The second-order valence-electron chi connectivity index (χ2n) is 4.12. The van der Waals surface area contributed by atoms with E-state index in [0.717, 1.165) is 0 Å². The van der Waals surface area contributed by atoms with Crippen molar-refractivity contribution in [3.8, 4) is 0 Å². The molecular formula is C12H12BrFN2O2. The molecule has 1 fully saturated rings. The standard InChI is InChI=1S/C12H12BrFN2O2/c1-7-12(18)16(5-4-11(17)15-7)10-6-8(13)2-3-9(10)14/h2-3,6-7H,4-5H2,1H3,(H,15,17). The molecule has 0 radical (unpaired) electrons. The lowest BCUT2D eigenvalue weighted by Crippen LogP contribution is -2.43. The molecule has 0 saturated carbocycles. The molecule has 1 aliphatic rings. The lowest BCUT2D eigenvalue weighted by Gasteiger charge is -2.23. The van der Waals surface area contributed by atoms with E-state index < -0.39 is 11.9 Å². The van der Waals surface area contributed by atoms with Crippen molar-refractivity contribution >= 4 is 33.4 Å². The van der Waals surface area contributed by atoms with Gasteiger partial charge in [-0.3, -0.25) is 9.59 Å². The van der Waals surface area contributed by atoms with Crippen LogP contribution in [-0.2, 0) is 9.59 Å². The van der Waals surface area contributed by atoms with Crippen molar-refractivity contribution in [2.75, 3.05) is 11.4 Å². The van der Waals surface area contributed by atoms with E-state index in [1.54, 1.807) is 13.0 Å². The average molecular weight is 315 g/mol. The summed E-state index contributed by atoms with van der Waals surface area (Å²) in [5, 5.41) is 2.56. The Hall–Kier alpha value is -1.43. The molecule has 1 aromatic carbocycles. The van der Waals surface area contributed by atoms with Crippen molar-refractivity contribution < 1.29 is 14.0 Å². The molecule has 1 aliphatic heterocycles. The van der Waals surface area contributed by atoms with E-state index in [2.05, 4.69) is 21.2 Å². The number of rotatable bonds is 1. The third-order valence-corrected chi connectivity index (χ3v) is 3.27. The molecule has 1 unspecified atom stereocenters. The highest BCUT2D eigenvalue weighted by Gasteiger charge is 2.29. The monoisotopic (exact) mass is 314 g/mol. The minimum absolute atomic E-state index is 0.169. The summed E-state index contributed by atoms with van der Waals surface area (Å²) in [5.74, 6) is -0.986. The van der Waals surface area contributed by atoms with Crippen LogP contribution in [0.5, 0.6) is 0 Å². The first kappa shape index (κ1) is 13.0. The summed E-state index contributed by atoms with van der Waals surface area (Å²) in [6.07, 6.45) is 0.169. The number of nitrogens with one attached hydrogen (secondary N) is 1. The number of hydrogen-bond acceptors (Lipinski definition) is 2. The average Bonchev–Trinajstić information content (AvgIpc) is 2.44. The van der Waals surface area contributed by atoms with E-state index in [9.17, 15) is 14.0 Å². The SMILES string of the molecule is CC1NC(=O)CCN(c2cc(Br)ccc2F)C1=O. The third-order valence-electron chi connectivity index (χ3n) is 2.78. The number of nitrogens with zero attached hydrogens (tertiary/aromatic N) is 1. The molecule has 4 nitrogen and oxygen atoms in total. The van der Waals surface area contributed by atoms with Gasteiger partial charge in [0, 0.05) is 17.4 Å². The Balaban J connectivity index is 2.38. The fraction of sp³-hybridized carbons (Fsp3) is 0.333. The van der Waals surface area contributed by atoms with Crippen molar-refractivity contribution in [2.24, 2.45) is 0 Å². The van der Waals surface area contributed by atoms with Crippen molar-refractivity contribution in [3.63, 3.8) is 0 Å². The molecule has 96 valence electrons. The maximum Gasteiger partial charge on any atom is 0.249 e. The topological polar surface area (TPSA) is 49.4 Å². The van der Waals surface area contributed by atoms with Crippen LogP contribution in [0, 0.1) is 5.82 Å². The highest BCUT2D eigenvalue weighted by atomic mass is 79.9. The van der Waals surface area contributed by atoms with Crippen LogP contribution in [0.2, 0.25) is 0 Å². The zero-order valence-corrected chi connectivity index (χ0v) is 11.3. The normalized spacial score (nSPS) is 20.6. The van der Waals surface area contributed by atoms with Crippen molar-refractivity contribution in [2.45, 2.75) is 19.4 Å². The van der Waals surface area contributed by atoms with Gasteiger partial charge in [-0.2, -0.15) is 0 Å². The molecule has 6 heteroatoms. The third kappa shape index (κ3) is 2.53. The van der Waals surface area contributed by atoms with E-state index in [0.29, 0.717) is 4.47 Å². The van der Waals surface area contributed by atoms with Gasteiger partial charge in [-0.15, -0.1) is 0 Å². The molecule has 1 saturated heterocycles. The van der Waals surface area contributed by atoms with Gasteiger partial charge < -0.3 is 10.2 Å². The van der Waals surface area contributed by atoms with E-state index in [1.165, 1.54) is 17.0 Å². The van der Waals surface area contributed by atoms with Crippen LogP contribution in [0.3, 0.4) is 0 Å². The highest BCUT2D eigenvalue weighted by Crippen LogP contribution is 2.25. The Kier molecular flexibility index (Phi) is 3.65. The number of halogens is 2. The smallest absolute Gasteiger partial charge is 0.249 e. The summed E-state index contributed by atoms with van der Waals surface area (Å²) in [6, 6.07) is 3.75. The van der Waals surface area contributed by atoms with Crippen LogP contribution in [0.1, 0.15) is 13.3 Å². The molecule has 0 aliphatic carbocycles. The number of anilines is 1. The van der Waals surface area contributed by atoms with Gasteiger partial charge in [0.25, 0.3) is 0 Å². The van der Waals surface area contributed by atoms with Crippen LogP contribution >= 0.6 is 15.9 Å². The molecule has 1 aromatic rings. The van der Waals surface area contributed by atoms with Gasteiger partial charge in [-0.05, 0) is 25.1 Å². The number of amides is 2. The maximum absolute atomic E-state index is 13.8. The fourth-order valence-electron chi connectivity index (χ4n) is 1.86. The molecule has 0 aromatic heterocycles. The van der Waals surface area contributed by atoms with Gasteiger partial charge in [-0.1, -0.05) is 15.9 Å². The maximum atomic E-state index is 13.8. The number of carbonyl (C=O) groups is 2. The predicted octanol–water partition coefficient (Wildman–Crippen LogP) is 1.83. The van der Waals surface area contributed by atoms with Gasteiger partial charge >= 0.3 is 0 Å². The molecular weight excluding hydrogens is 303 g/mol. The van der Waals surface area contributed by atoms with Crippen LogP contribution in [0.25, 0.3) is 0 Å². The summed E-state index contributed by atoms with van der Waals surface area (Å²) in [6.45, 7) is 1.77. The first-order valence-electron chi connectivity index (χ1n) is 5.55. The van der Waals surface area contributed by atoms with Crippen LogP contribution in [0.15, 0.2) is 22.7 Å². The van der Waals surface area contributed by atoms with E-state index in [1.807, 2.05) is 0 Å². The Morgan fingerprint density at radius 3 is 2.89 bits per heavy atom. The number of benzene rings is 1. The molecule has 0 spiro atoms. The Labute approximate surface area is 112 Å². The second kappa shape index (κ2) is 5.06. The van der Waals surface area contributed by atoms with E-state index in [-0.39, 0.29) is 30.5 Å². The van der Waals surface area contributed by atoms with Crippen molar-refractivity contribution in [1.82, 2.24) is 5.32 Å². The van der Waals surface area contributed by atoms with Crippen LogP contribution in [0.4, 0.5) is 10.1 Å². The molecule has 0 bridgehead atoms. The van der Waals surface area contributed by atoms with Crippen LogP contribution in [-0.4, -0.2) is 24.4 Å². The first-order chi connectivity index (χ1) is 8.49. The Bertz CT molecular complexity index is 507. The minimum Gasteiger partial charge on any atom is -0.345 e. The summed E-state index contributed by atoms with van der Waals surface area (Å²) in [4.78, 5) is 24.8. The summed E-state index contributed by atoms with van der Waals surface area (Å²) < 4.78 is 14.4. The number of hydrogen-bond donors (Lipinski definition) is 1. The molecule has 2 rings (SSSR count). The second-order valence-corrected chi connectivity index (χ2v) is 5.04. The van der Waals surface area contributed by atoms with Crippen molar-refractivity contribution in [3.05, 3.63) is 28.5 Å². The first-order valence-corrected chi connectivity index (χ1v) is 6.34. The lowest BCUT2D eigenvalue weighted by atomic mass is 10.2. The quantitative estimate of drug-likeness (QED) is 0.859. The molecule has 18 heavy (non-hydrogen) atoms. The summed E-state index contributed by atoms with van der Waals surface area (Å²) in [7, 11) is 0. The number of carbonyl (C=O) groups excluding carboxylic acids is 2. The van der Waals surface area contributed by atoms with E-state index in [4.69, 9.17) is 0 Å². The lowest BCUT2D eigenvalue weighted by molar-refractivity contribution is -0.125. The highest BCUT2D eigenvalue weighted by molar-refractivity contribution is 9.10. The molecule has 1 heterocycles. The molecule has 2 amide bonds. The summed E-state index contributed by atoms with van der Waals surface area (Å²) in [5.41, 5.74) is 0.192. The van der Waals surface area contributed by atoms with Gasteiger partial charge in [-0.25, -0.2) is 4.39 Å². The minimum atomic E-state index is -0.640. The van der Waals surface area contributed by atoms with Crippen LogP contribution < -0.4 is 10.2 Å². The van der Waals surface area contributed by atoms with Gasteiger partial charge in [0.1, 0.15) is 11.9 Å². The fourth-order valence-corrected chi connectivity index (χ4v) is 2.21. The molecule has 1 N–H and O–H groups in total. The zero-order chi connectivity index (χ0) is 13.3. The largest absolute Gasteiger partial charge is 0.345 e. The van der Waals surface area contributed by atoms with E-state index >= 15 is 0 Å². The van der Waals surface area contributed by atoms with Gasteiger partial charge in [0.15, 0.2) is 0 Å². The molecule has 1 atom stereocenters. The van der Waals surface area contributed by atoms with Gasteiger partial charge in [0.2, 0.25) is 11.8 Å².